The van der Waals surface area contributed by atoms with E-state index in [1.165, 1.54) is 0 Å². The predicted molar refractivity (Wildman–Crippen MR) is 58.1 cm³/mol. The molecule has 2 rings (SSSR count). The van der Waals surface area contributed by atoms with Crippen LogP contribution < -0.4 is 5.11 Å². The molecule has 1 aliphatic carbocycles. The molecular formula is C12H17N2O2-. The maximum Gasteiger partial charge on any atom is 0.111 e. The molecule has 2 atom stereocenters. The van der Waals surface area contributed by atoms with Crippen molar-refractivity contribution in [2.24, 2.45) is 5.92 Å². The number of nitrogens with one attached hydrogen (secondary N) is 1. The van der Waals surface area contributed by atoms with Crippen LogP contribution >= 0.6 is 0 Å². The van der Waals surface area contributed by atoms with E-state index < -0.39 is 5.97 Å². The Morgan fingerprint density at radius 2 is 2.19 bits per heavy atom. The van der Waals surface area contributed by atoms with Gasteiger partial charge in [0.25, 0.3) is 0 Å². The Morgan fingerprint density at radius 1 is 1.50 bits per heavy atom. The second kappa shape index (κ2) is 3.92. The van der Waals surface area contributed by atoms with Crippen LogP contribution in [-0.2, 0) is 0 Å². The predicted octanol–water partition coefficient (Wildman–Crippen LogP) is 1.41. The molecule has 0 aliphatic heterocycles. The summed E-state index contributed by atoms with van der Waals surface area (Å²) < 4.78 is 0. The molecule has 4 nitrogen and oxygen atoms in total. The zero-order chi connectivity index (χ0) is 11.9. The monoisotopic (exact) mass is 221 g/mol. The number of carboxylic acid groups (broad SMARTS) is 1. The number of carboxylic acids is 1. The van der Waals surface area contributed by atoms with Crippen molar-refractivity contribution in [3.63, 3.8) is 0 Å². The fourth-order valence-electron chi connectivity index (χ4n) is 2.69. The van der Waals surface area contributed by atoms with E-state index in [4.69, 9.17) is 0 Å². The van der Waals surface area contributed by atoms with Gasteiger partial charge in [0.15, 0.2) is 0 Å². The van der Waals surface area contributed by atoms with Crippen LogP contribution in [0.3, 0.4) is 0 Å². The van der Waals surface area contributed by atoms with E-state index in [-0.39, 0.29) is 11.6 Å². The minimum Gasteiger partial charge on any atom is -0.543 e. The number of fused-ring (bicyclic) bond motifs is 1. The highest BCUT2D eigenvalue weighted by Crippen LogP contribution is 2.42. The Kier molecular flexibility index (Phi) is 2.74. The first kappa shape index (κ1) is 11.2. The zero-order valence-electron chi connectivity index (χ0n) is 9.91. The minimum atomic E-state index is -1.17. The van der Waals surface area contributed by atoms with E-state index in [1.807, 2.05) is 0 Å². The Labute approximate surface area is 95.1 Å². The standard InChI is InChI=1S/C12H18N2O2/c1-6(2)8-5-4-7(3)9-10(8)13-14-11(9)12(15)16/h6-8H,4-5H2,1-3H3,(H,13,14)(H,15,16)/p-1/t7-,8-/m1/s1. The van der Waals surface area contributed by atoms with Gasteiger partial charge in [-0.2, -0.15) is 5.10 Å². The van der Waals surface area contributed by atoms with Crippen LogP contribution in [-0.4, -0.2) is 16.2 Å². The smallest absolute Gasteiger partial charge is 0.111 e. The van der Waals surface area contributed by atoms with E-state index in [0.29, 0.717) is 11.8 Å². The van der Waals surface area contributed by atoms with Crippen LogP contribution in [0.5, 0.6) is 0 Å². The third-order valence-corrected chi connectivity index (χ3v) is 3.61. The second-order valence-corrected chi connectivity index (χ2v) is 5.02. The van der Waals surface area contributed by atoms with Gasteiger partial charge < -0.3 is 9.90 Å². The van der Waals surface area contributed by atoms with E-state index in [0.717, 1.165) is 24.1 Å². The highest BCUT2D eigenvalue weighted by atomic mass is 16.4. The third kappa shape index (κ3) is 1.62. The molecule has 1 N–H and O–H groups in total. The zero-order valence-corrected chi connectivity index (χ0v) is 9.91. The number of carbonyl (C=O) groups is 1. The number of hydrogen-bond donors (Lipinski definition) is 1. The maximum atomic E-state index is 11.0. The van der Waals surface area contributed by atoms with Gasteiger partial charge in [-0.1, -0.05) is 20.8 Å². The summed E-state index contributed by atoms with van der Waals surface area (Å²) in [6.45, 7) is 6.37. The van der Waals surface area contributed by atoms with E-state index in [9.17, 15) is 9.90 Å². The number of hydrogen-bond acceptors (Lipinski definition) is 3. The van der Waals surface area contributed by atoms with E-state index in [2.05, 4.69) is 31.0 Å². The van der Waals surface area contributed by atoms with Crippen molar-refractivity contribution < 1.29 is 9.90 Å². The quantitative estimate of drug-likeness (QED) is 0.821. The van der Waals surface area contributed by atoms with Crippen LogP contribution in [0.15, 0.2) is 0 Å². The van der Waals surface area contributed by atoms with Crippen LogP contribution in [0, 0.1) is 5.92 Å². The lowest BCUT2D eigenvalue weighted by atomic mass is 9.76. The van der Waals surface area contributed by atoms with Crippen molar-refractivity contribution in [1.82, 2.24) is 10.2 Å². The summed E-state index contributed by atoms with van der Waals surface area (Å²) in [6.07, 6.45) is 2.12. The summed E-state index contributed by atoms with van der Waals surface area (Å²) in [5.41, 5.74) is 1.98. The molecule has 1 aromatic heterocycles. The molecule has 0 spiro atoms. The topological polar surface area (TPSA) is 68.8 Å². The lowest BCUT2D eigenvalue weighted by Gasteiger charge is -2.29. The summed E-state index contributed by atoms with van der Waals surface area (Å²) in [4.78, 5) is 11.0. The number of aromatic carboxylic acids is 1. The number of aromatic amines is 1. The van der Waals surface area contributed by atoms with Gasteiger partial charge >= 0.3 is 0 Å². The number of rotatable bonds is 2. The van der Waals surface area contributed by atoms with Crippen LogP contribution in [0.1, 0.15) is 67.2 Å². The lowest BCUT2D eigenvalue weighted by Crippen LogP contribution is -2.26. The van der Waals surface area contributed by atoms with Crippen molar-refractivity contribution >= 4 is 5.97 Å². The van der Waals surface area contributed by atoms with Gasteiger partial charge in [-0.05, 0) is 24.7 Å². The van der Waals surface area contributed by atoms with E-state index in [1.54, 1.807) is 0 Å². The summed E-state index contributed by atoms with van der Waals surface area (Å²) >= 11 is 0. The molecule has 1 aromatic rings. The minimum absolute atomic E-state index is 0.104. The number of carbonyl (C=O) groups excluding carboxylic acids is 1. The van der Waals surface area contributed by atoms with Crippen LogP contribution in [0.25, 0.3) is 0 Å². The van der Waals surface area contributed by atoms with Crippen molar-refractivity contribution in [3.05, 3.63) is 17.0 Å². The molecule has 0 amide bonds. The van der Waals surface area contributed by atoms with Gasteiger partial charge in [0.1, 0.15) is 5.69 Å². The molecule has 1 heterocycles. The Balaban J connectivity index is 2.49. The van der Waals surface area contributed by atoms with Gasteiger partial charge in [-0.15, -0.1) is 0 Å². The molecule has 0 fully saturated rings. The number of H-pyrrole nitrogens is 1. The first-order valence-electron chi connectivity index (χ1n) is 5.81. The molecule has 0 bridgehead atoms. The summed E-state index contributed by atoms with van der Waals surface area (Å²) in [5, 5.41) is 17.8. The summed E-state index contributed by atoms with van der Waals surface area (Å²) in [6, 6.07) is 0. The third-order valence-electron chi connectivity index (χ3n) is 3.61. The first-order chi connectivity index (χ1) is 7.52. The molecular weight excluding hydrogens is 204 g/mol. The van der Waals surface area contributed by atoms with Gasteiger partial charge in [0.05, 0.1) is 5.97 Å². The normalized spacial score (nSPS) is 24.5. The van der Waals surface area contributed by atoms with Crippen molar-refractivity contribution in [2.75, 3.05) is 0 Å². The Hall–Kier alpha value is -1.32. The molecule has 0 saturated heterocycles. The van der Waals surface area contributed by atoms with Gasteiger partial charge in [0, 0.05) is 17.2 Å². The number of nitrogens with zero attached hydrogens (tertiary/aromatic N) is 1. The van der Waals surface area contributed by atoms with Crippen molar-refractivity contribution in [2.45, 2.75) is 45.4 Å². The second-order valence-electron chi connectivity index (χ2n) is 5.02. The molecule has 0 aromatic carbocycles. The molecule has 0 radical (unpaired) electrons. The highest BCUT2D eigenvalue weighted by molar-refractivity contribution is 5.86. The summed E-state index contributed by atoms with van der Waals surface area (Å²) in [7, 11) is 0. The van der Waals surface area contributed by atoms with Crippen molar-refractivity contribution in [3.8, 4) is 0 Å². The van der Waals surface area contributed by atoms with Gasteiger partial charge in [-0.3, -0.25) is 5.10 Å². The highest BCUT2D eigenvalue weighted by Gasteiger charge is 2.31. The molecule has 4 heteroatoms. The van der Waals surface area contributed by atoms with Crippen LogP contribution in [0.4, 0.5) is 0 Å². The fraction of sp³-hybridized carbons (Fsp3) is 0.667. The largest absolute Gasteiger partial charge is 0.543 e. The fourth-order valence-corrected chi connectivity index (χ4v) is 2.69. The molecule has 16 heavy (non-hydrogen) atoms. The molecule has 0 unspecified atom stereocenters. The average molecular weight is 221 g/mol. The number of aromatic nitrogens is 2. The Bertz CT molecular complexity index is 409. The Morgan fingerprint density at radius 3 is 2.75 bits per heavy atom. The van der Waals surface area contributed by atoms with Gasteiger partial charge in [0.2, 0.25) is 0 Å². The molecule has 88 valence electrons. The van der Waals surface area contributed by atoms with Crippen LogP contribution in [0.2, 0.25) is 0 Å². The maximum absolute atomic E-state index is 11.0. The SMILES string of the molecule is CC(C)[C@H]1CC[C@@H](C)c2c(C(=O)[O-])n[nH]c21. The van der Waals surface area contributed by atoms with Crippen molar-refractivity contribution in [1.29, 1.82) is 0 Å². The van der Waals surface area contributed by atoms with E-state index >= 15 is 0 Å². The van der Waals surface area contributed by atoms with Gasteiger partial charge in [-0.25, -0.2) is 0 Å². The first-order valence-corrected chi connectivity index (χ1v) is 5.81. The summed E-state index contributed by atoms with van der Waals surface area (Å²) in [5.74, 6) is -0.0153. The molecule has 1 aliphatic rings. The average Bonchev–Trinajstić information content (AvgIpc) is 2.62. The molecule has 0 saturated carbocycles. The lowest BCUT2D eigenvalue weighted by molar-refractivity contribution is -0.255.